The van der Waals surface area contributed by atoms with Gasteiger partial charge in [0.15, 0.2) is 9.67 Å². The van der Waals surface area contributed by atoms with Crippen molar-refractivity contribution in [1.82, 2.24) is 10.6 Å². The third kappa shape index (κ3) is 94.7. The molecule has 28 nitrogen and oxygen atoms in total. The van der Waals surface area contributed by atoms with E-state index in [0.717, 1.165) is 19.3 Å². The summed E-state index contributed by atoms with van der Waals surface area (Å²) in [6.07, 6.45) is -3.36. The van der Waals surface area contributed by atoms with Gasteiger partial charge in [-0.2, -0.15) is 0 Å². The molecule has 0 aliphatic rings. The number of hydrogen-bond acceptors (Lipinski definition) is 25. The van der Waals surface area contributed by atoms with Gasteiger partial charge in [-0.3, -0.25) is 19.2 Å². The molecule has 0 aromatic carbocycles. The number of hydrogen-bond donors (Lipinski definition) is 4. The molecule has 0 aliphatic heterocycles. The van der Waals surface area contributed by atoms with E-state index >= 15 is 0 Å². The summed E-state index contributed by atoms with van der Waals surface area (Å²) in [5.41, 5.74) is 3.86. The fourth-order valence-electron chi connectivity index (χ4n) is 6.20. The molecule has 2 amide bonds. The van der Waals surface area contributed by atoms with Gasteiger partial charge in [0.1, 0.15) is 11.2 Å². The van der Waals surface area contributed by atoms with Gasteiger partial charge in [0.25, 0.3) is 6.47 Å². The molecule has 34 heteroatoms. The second-order valence-electron chi connectivity index (χ2n) is 21.1. The first-order chi connectivity index (χ1) is 39.1. The summed E-state index contributed by atoms with van der Waals surface area (Å²) in [6, 6.07) is 0. The Kier molecular flexibility index (Phi) is 86.6. The number of carboxylic acids is 1. The first-order valence-electron chi connectivity index (χ1n) is 27.7. The predicted octanol–water partition coefficient (Wildman–Crippen LogP) is -1.42. The topological polar surface area (TPSA) is 384 Å². The van der Waals surface area contributed by atoms with Gasteiger partial charge in [-0.25, -0.2) is 28.8 Å². The van der Waals surface area contributed by atoms with E-state index in [1.54, 1.807) is 83.1 Å². The zero-order valence-corrected chi connectivity index (χ0v) is 76.6. The van der Waals surface area contributed by atoms with Crippen LogP contribution in [0, 0.1) is 35.5 Å². The molecule has 0 aromatic rings. The molecule has 0 bridgehead atoms. The Balaban J connectivity index is -0.0000000977. The average molecular weight is 1780 g/mol. The van der Waals surface area contributed by atoms with Gasteiger partial charge in [0.2, 0.25) is 12.6 Å². The Labute approximate surface area is 705 Å². The van der Waals surface area contributed by atoms with Gasteiger partial charge < -0.3 is 114 Å². The van der Waals surface area contributed by atoms with Crippen molar-refractivity contribution in [3.8, 4) is 0 Å². The van der Waals surface area contributed by atoms with Gasteiger partial charge in [0.05, 0.1) is 32.8 Å². The summed E-state index contributed by atoms with van der Waals surface area (Å²) in [7, 11) is 0. The third-order valence-electron chi connectivity index (χ3n) is 8.71. The number of esters is 2. The minimum absolute atomic E-state index is 0. The van der Waals surface area contributed by atoms with Crippen molar-refractivity contribution in [2.75, 3.05) is 46.1 Å². The predicted molar refractivity (Wildman–Crippen MR) is 318 cm³/mol. The third-order valence-corrected chi connectivity index (χ3v) is 9.06. The monoisotopic (exact) mass is 1780 g/mol. The van der Waals surface area contributed by atoms with Gasteiger partial charge in [-0.15, -0.1) is 0 Å². The molecule has 89 heavy (non-hydrogen) atoms. The number of aliphatic carboxylic acids is 1. The first-order valence-corrected chi connectivity index (χ1v) is 29.4. The summed E-state index contributed by atoms with van der Waals surface area (Å²) in [4.78, 5) is 112. The van der Waals surface area contributed by atoms with E-state index in [9.17, 15) is 43.2 Å². The molecule has 512 valence electrons. The fraction of sp³-hybridized carbons (Fsp3) is 0.818. The first kappa shape index (κ1) is 111. The van der Waals surface area contributed by atoms with Crippen molar-refractivity contribution in [3.63, 3.8) is 0 Å². The summed E-state index contributed by atoms with van der Waals surface area (Å²) in [5, 5.41) is 22.5. The van der Waals surface area contributed by atoms with Crippen molar-refractivity contribution < 1.29 is 313 Å². The molecule has 4 unspecified atom stereocenters. The molecular formula is C55H103ClCs2I2N3NaO25. The fourth-order valence-corrected chi connectivity index (χ4v) is 6.48. The minimum Gasteiger partial charge on any atom is -1.00 e. The molecule has 0 heterocycles. The summed E-state index contributed by atoms with van der Waals surface area (Å²) in [6.45, 7) is 37.8. The summed E-state index contributed by atoms with van der Waals surface area (Å²) >= 11 is 7.26. The molecule has 0 fully saturated rings. The van der Waals surface area contributed by atoms with Crippen LogP contribution in [-0.2, 0) is 80.9 Å². The van der Waals surface area contributed by atoms with E-state index in [4.69, 9.17) is 60.9 Å². The molecule has 0 spiro atoms. The number of rotatable bonds is 28. The number of carbonyl (C=O) groups excluding carboxylic acids is 9. The van der Waals surface area contributed by atoms with Gasteiger partial charge in [0, 0.05) is 39.8 Å². The van der Waals surface area contributed by atoms with Crippen LogP contribution in [0.2, 0.25) is 0 Å². The van der Waals surface area contributed by atoms with E-state index in [1.165, 1.54) is 13.8 Å². The number of carbonyl (C=O) groups is 10. The molecule has 0 aromatic heterocycles. The van der Waals surface area contributed by atoms with Crippen LogP contribution in [-0.4, -0.2) is 146 Å². The zero-order valence-electron chi connectivity index (χ0n) is 58.0. The van der Waals surface area contributed by atoms with Crippen molar-refractivity contribution in [3.05, 3.63) is 0 Å². The SMILES string of the molecule is CC(C)C[C@H](CNC(=O)OC(C)(C)C)CC(=O)O.CCOC(=O)OC(C)Cl.CCOC(=O)OC(C)I.CCOC(=O)OC(C)OC(=O)C[C@@H](CN)CC(C)C.CCOC(=O)OC(C)OC(=O)C[C@@H](CNC(=O)OC(C)(C)C)CC(C)C.O=CO[O-].[Cs+].[Cs+].[H-].[I-].[Na+]. The maximum Gasteiger partial charge on any atom is 1.00 e. The van der Waals surface area contributed by atoms with E-state index < -0.39 is 84.1 Å². The Morgan fingerprint density at radius 1 is 0.551 bits per heavy atom. The second-order valence-corrected chi connectivity index (χ2v) is 23.5. The molecule has 0 saturated carbocycles. The molecule has 0 aliphatic carbocycles. The van der Waals surface area contributed by atoms with Gasteiger partial charge in [-0.1, -0.05) is 53.1 Å². The zero-order chi connectivity index (χ0) is 67.5. The number of nitrogens with two attached hydrogens (primary N) is 1. The Bertz CT molecular complexity index is 1830. The number of carboxylic acid groups (broad SMARTS) is 1. The van der Waals surface area contributed by atoms with Gasteiger partial charge in [-0.05, 0) is 167 Å². The van der Waals surface area contributed by atoms with E-state index in [1.807, 2.05) is 50.3 Å². The van der Waals surface area contributed by atoms with Crippen LogP contribution in [0.3, 0.4) is 0 Å². The Morgan fingerprint density at radius 3 is 1.08 bits per heavy atom. The van der Waals surface area contributed by atoms with E-state index in [2.05, 4.69) is 57.8 Å². The largest absolute Gasteiger partial charge is 1.00 e. The molecule has 7 atom stereocenters. The maximum absolute atomic E-state index is 12.1. The molecule has 0 saturated heterocycles. The average Bonchev–Trinajstić information content (AvgIpc) is 3.33. The van der Waals surface area contributed by atoms with Crippen LogP contribution >= 0.6 is 34.2 Å². The van der Waals surface area contributed by atoms with E-state index in [-0.39, 0.29) is 260 Å². The standard InChI is InChI=1S/C18H33NO7.C13H25NO5.C13H25NO4.C5H9ClO3.C5H9IO3.CH2O3.2Cs.HI.Na.H/c1-8-23-17(22)25-13(4)24-15(20)10-14(9-12(2)3)11-19-16(21)26-18(5,6)7;1-5-17-13(16)19-10(4)18-12(15)7-11(8-14)6-9(2)3;1-9(2)6-10(7-11(15)16)8-14-12(17)18-13(3,4)5;2*1-3-8-5(7)9-4(2)6;2-1-4-3;;;;;/h12-14H,8-11H2,1-7H3,(H,19,21);9-11H,5-8,14H2,1-4H3;9-10H,6-8H2,1-5H3,(H,14,17)(H,15,16);2*4H,3H2,1-2H3;1,3H;;;1H;;/q;;;;;;2*+1;;+1;-1/p-2/t13?,14-;10?,11-;10-;;;;;;;;/m000......../s1. The smallest absolute Gasteiger partial charge is 1.00 e. The number of alkyl halides is 2. The van der Waals surface area contributed by atoms with Crippen LogP contribution in [0.25, 0.3) is 0 Å². The minimum atomic E-state index is -1.04. The van der Waals surface area contributed by atoms with Crippen LogP contribution < -0.4 is 213 Å². The number of alkyl carbamates (subject to hydrolysis) is 2. The molecular weight excluding hydrogens is 1680 g/mol. The number of halogens is 3. The molecule has 0 rings (SSSR count). The Morgan fingerprint density at radius 2 is 0.831 bits per heavy atom. The van der Waals surface area contributed by atoms with Crippen molar-refractivity contribution in [2.24, 2.45) is 41.2 Å². The van der Waals surface area contributed by atoms with Gasteiger partial charge >= 0.3 is 222 Å². The number of ether oxygens (including phenoxy) is 12. The number of amides is 2. The number of nitrogens with one attached hydrogen (secondary N) is 2. The van der Waals surface area contributed by atoms with Crippen molar-refractivity contribution >= 4 is 95.4 Å². The summed E-state index contributed by atoms with van der Waals surface area (Å²) in [5.74, 6) is -0.675. The van der Waals surface area contributed by atoms with Crippen LogP contribution in [0.4, 0.5) is 28.8 Å². The molecule has 0 radical (unpaired) electrons. The quantitative estimate of drug-likeness (QED) is 0.00804. The second kappa shape index (κ2) is 69.6. The maximum atomic E-state index is 12.1. The van der Waals surface area contributed by atoms with Crippen molar-refractivity contribution in [1.29, 1.82) is 0 Å². The molecule has 5 N–H and O–H groups in total. The summed E-state index contributed by atoms with van der Waals surface area (Å²) < 4.78 is 56.8. The Hall–Kier alpha value is 0.274. The normalized spacial score (nSPS) is 12.3. The van der Waals surface area contributed by atoms with Crippen molar-refractivity contribution in [2.45, 2.75) is 210 Å². The van der Waals surface area contributed by atoms with Crippen LogP contribution in [0.15, 0.2) is 0 Å². The van der Waals surface area contributed by atoms with Crippen LogP contribution in [0.1, 0.15) is 178 Å². The van der Waals surface area contributed by atoms with E-state index in [0.29, 0.717) is 44.1 Å². The van der Waals surface area contributed by atoms with Crippen LogP contribution in [0.5, 0.6) is 0 Å².